The first-order valence-electron chi connectivity index (χ1n) is 9.97. The molecule has 7 rings (SSSR count). The maximum Gasteiger partial charge on any atom is 0.309 e. The number of aliphatic hydroxyl groups is 2. The quantitative estimate of drug-likeness (QED) is 0.323. The maximum atomic E-state index is 13.4. The van der Waals surface area contributed by atoms with E-state index in [9.17, 15) is 34.8 Å². The molecule has 0 amide bonds. The zero-order valence-electron chi connectivity index (χ0n) is 16.2. The van der Waals surface area contributed by atoms with Crippen molar-refractivity contribution in [3.05, 3.63) is 33.4 Å². The van der Waals surface area contributed by atoms with Gasteiger partial charge in [0.15, 0.2) is 17.7 Å². The lowest BCUT2D eigenvalue weighted by molar-refractivity contribution is -0.246. The summed E-state index contributed by atoms with van der Waals surface area (Å²) in [4.78, 5) is 38.5. The summed E-state index contributed by atoms with van der Waals surface area (Å²) in [7, 11) is 0. The van der Waals surface area contributed by atoms with Crippen molar-refractivity contribution in [2.45, 2.75) is 55.9 Å². The van der Waals surface area contributed by atoms with Gasteiger partial charge in [-0.1, -0.05) is 0 Å². The van der Waals surface area contributed by atoms with Gasteiger partial charge < -0.3 is 34.6 Å². The van der Waals surface area contributed by atoms with Crippen molar-refractivity contribution in [1.29, 1.82) is 0 Å². The van der Waals surface area contributed by atoms with Gasteiger partial charge in [-0.05, 0) is 6.92 Å². The number of ketones is 2. The van der Waals surface area contributed by atoms with Gasteiger partial charge in [0, 0.05) is 23.1 Å². The monoisotopic (exact) mass is 430 g/mol. The van der Waals surface area contributed by atoms with Gasteiger partial charge in [-0.2, -0.15) is 0 Å². The van der Waals surface area contributed by atoms with Crippen molar-refractivity contribution < 1.29 is 49.0 Å². The molecule has 1 aromatic rings. The Kier molecular flexibility index (Phi) is 3.49. The SMILES string of the molecule is CC1OC2CC(O)C1(O)c1c(O)c3c(c(O)c12)C(=O)C1=C(CO[C@H]2CC(=O)O[C@@H]12)C3=O. The van der Waals surface area contributed by atoms with Crippen molar-refractivity contribution in [1.82, 2.24) is 0 Å². The Morgan fingerprint density at radius 1 is 1.06 bits per heavy atom. The first-order valence-corrected chi connectivity index (χ1v) is 9.97. The fraction of sp³-hybridized carbons (Fsp3) is 0.476. The normalized spacial score (nSPS) is 37.9. The number of esters is 1. The van der Waals surface area contributed by atoms with Gasteiger partial charge in [-0.15, -0.1) is 0 Å². The van der Waals surface area contributed by atoms with E-state index in [1.54, 1.807) is 0 Å². The van der Waals surface area contributed by atoms with E-state index in [4.69, 9.17) is 14.2 Å². The molecular weight excluding hydrogens is 412 g/mol. The Morgan fingerprint density at radius 3 is 2.48 bits per heavy atom. The predicted octanol–water partition coefficient (Wildman–Crippen LogP) is -0.100. The molecule has 4 unspecified atom stereocenters. The number of benzene rings is 1. The van der Waals surface area contributed by atoms with Crippen molar-refractivity contribution in [2.24, 2.45) is 0 Å². The molecule has 6 atom stereocenters. The van der Waals surface area contributed by atoms with Crippen molar-refractivity contribution >= 4 is 17.5 Å². The van der Waals surface area contributed by atoms with E-state index in [2.05, 4.69) is 0 Å². The molecule has 31 heavy (non-hydrogen) atoms. The number of carbonyl (C=O) groups excluding carboxylic acids is 3. The summed E-state index contributed by atoms with van der Waals surface area (Å²) in [6.07, 6.45) is -5.04. The average Bonchev–Trinajstić information content (AvgIpc) is 3.09. The summed E-state index contributed by atoms with van der Waals surface area (Å²) in [6, 6.07) is 0. The predicted molar refractivity (Wildman–Crippen MR) is 97.5 cm³/mol. The van der Waals surface area contributed by atoms with E-state index in [0.29, 0.717) is 0 Å². The molecule has 4 heterocycles. The molecule has 0 radical (unpaired) electrons. The van der Waals surface area contributed by atoms with E-state index in [-0.39, 0.29) is 41.7 Å². The molecule has 10 heteroatoms. The van der Waals surface area contributed by atoms with E-state index in [1.807, 2.05) is 0 Å². The van der Waals surface area contributed by atoms with Crippen molar-refractivity contribution in [3.63, 3.8) is 0 Å². The first kappa shape index (κ1) is 18.9. The number of carbonyl (C=O) groups is 3. The Bertz CT molecular complexity index is 1140. The van der Waals surface area contributed by atoms with Crippen molar-refractivity contribution in [3.8, 4) is 11.5 Å². The summed E-state index contributed by atoms with van der Waals surface area (Å²) < 4.78 is 16.4. The third kappa shape index (κ3) is 2.03. The zero-order chi connectivity index (χ0) is 22.0. The maximum absolute atomic E-state index is 13.4. The molecule has 0 saturated carbocycles. The van der Waals surface area contributed by atoms with Crippen molar-refractivity contribution in [2.75, 3.05) is 6.61 Å². The lowest BCUT2D eigenvalue weighted by Crippen LogP contribution is -2.58. The van der Waals surface area contributed by atoms with Crippen LogP contribution in [0.1, 0.15) is 57.7 Å². The Morgan fingerprint density at radius 2 is 1.77 bits per heavy atom. The molecule has 2 fully saturated rings. The molecule has 0 aromatic heterocycles. The number of hydrogen-bond donors (Lipinski definition) is 4. The minimum absolute atomic E-state index is 0.0284. The standard InChI is InChI=1S/C21H18O10/c1-5-21(28)9(22)2-7(30-5)12-15(21)19(27)13-14(18(12)26)17(25)11-6(16(13)24)4-29-8-3-10(23)31-20(8)11/h5,7-9,20,22,26-28H,2-4H2,1H3/t5?,7?,8-,9?,20+,21?/m0/s1. The van der Waals surface area contributed by atoms with Gasteiger partial charge in [-0.3, -0.25) is 14.4 Å². The molecule has 2 saturated heterocycles. The molecule has 4 N–H and O–H groups in total. The van der Waals surface area contributed by atoms with Crippen LogP contribution in [0.3, 0.4) is 0 Å². The van der Waals surface area contributed by atoms with Crippen LogP contribution in [0.4, 0.5) is 0 Å². The number of phenolic OH excluding ortho intramolecular Hbond substituents is 2. The number of fused-ring (bicyclic) bond motifs is 5. The number of Topliss-reactive ketones (excluding diaryl/α,β-unsaturated/α-hetero) is 2. The molecule has 2 bridgehead atoms. The largest absolute Gasteiger partial charge is 0.507 e. The topological polar surface area (TPSA) is 160 Å². The number of phenols is 2. The van der Waals surface area contributed by atoms with Crippen LogP contribution >= 0.6 is 0 Å². The minimum atomic E-state index is -2.08. The lowest BCUT2D eigenvalue weighted by Gasteiger charge is -2.52. The summed E-state index contributed by atoms with van der Waals surface area (Å²) in [6.45, 7) is 1.24. The third-order valence-corrected chi connectivity index (χ3v) is 7.13. The van der Waals surface area contributed by atoms with E-state index in [0.717, 1.165) is 0 Å². The molecule has 1 aromatic carbocycles. The highest BCUT2D eigenvalue weighted by Gasteiger charge is 2.60. The molecule has 10 nitrogen and oxygen atoms in total. The van der Waals surface area contributed by atoms with Gasteiger partial charge in [0.1, 0.15) is 23.2 Å². The molecule has 162 valence electrons. The summed E-state index contributed by atoms with van der Waals surface area (Å²) in [5, 5.41) is 43.8. The number of hydrogen-bond acceptors (Lipinski definition) is 10. The van der Waals surface area contributed by atoms with Gasteiger partial charge in [0.2, 0.25) is 0 Å². The highest BCUT2D eigenvalue weighted by Crippen LogP contribution is 2.59. The number of aromatic hydroxyl groups is 2. The first-order chi connectivity index (χ1) is 14.7. The van der Waals surface area contributed by atoms with Gasteiger partial charge in [-0.25, -0.2) is 0 Å². The van der Waals surface area contributed by atoms with Crippen LogP contribution in [-0.4, -0.2) is 69.0 Å². The lowest BCUT2D eigenvalue weighted by atomic mass is 9.66. The molecular formula is C21H18O10. The van der Waals surface area contributed by atoms with Crippen LogP contribution < -0.4 is 0 Å². The number of ether oxygens (including phenoxy) is 3. The van der Waals surface area contributed by atoms with Crippen LogP contribution in [-0.2, 0) is 24.6 Å². The summed E-state index contributed by atoms with van der Waals surface area (Å²) in [5.74, 6) is -3.37. The fourth-order valence-corrected chi connectivity index (χ4v) is 5.63. The molecule has 6 aliphatic rings. The van der Waals surface area contributed by atoms with Crippen LogP contribution in [0.25, 0.3) is 0 Å². The summed E-state index contributed by atoms with van der Waals surface area (Å²) >= 11 is 0. The highest BCUT2D eigenvalue weighted by molar-refractivity contribution is 6.30. The highest BCUT2D eigenvalue weighted by atomic mass is 16.6. The second kappa shape index (κ2) is 5.71. The second-order valence-corrected chi connectivity index (χ2v) is 8.59. The minimum Gasteiger partial charge on any atom is -0.507 e. The van der Waals surface area contributed by atoms with Gasteiger partial charge in [0.25, 0.3) is 0 Å². The Labute approximate surface area is 174 Å². The van der Waals surface area contributed by atoms with E-state index >= 15 is 0 Å². The average molecular weight is 430 g/mol. The van der Waals surface area contributed by atoms with Crippen LogP contribution in [0, 0.1) is 0 Å². The molecule has 2 aliphatic carbocycles. The molecule has 0 spiro atoms. The summed E-state index contributed by atoms with van der Waals surface area (Å²) in [5.41, 5.74) is -3.34. The Balaban J connectivity index is 1.62. The molecule has 4 aliphatic heterocycles. The number of rotatable bonds is 0. The Hall–Kier alpha value is -2.79. The zero-order valence-corrected chi connectivity index (χ0v) is 16.2. The van der Waals surface area contributed by atoms with E-state index in [1.165, 1.54) is 6.92 Å². The fourth-order valence-electron chi connectivity index (χ4n) is 5.63. The second-order valence-electron chi connectivity index (χ2n) is 8.59. The number of aliphatic hydroxyl groups excluding tert-OH is 1. The van der Waals surface area contributed by atoms with Crippen LogP contribution in [0.15, 0.2) is 11.1 Å². The van der Waals surface area contributed by atoms with Crippen LogP contribution in [0.2, 0.25) is 0 Å². The van der Waals surface area contributed by atoms with Gasteiger partial charge in [0.05, 0.1) is 48.0 Å². The van der Waals surface area contributed by atoms with Crippen LogP contribution in [0.5, 0.6) is 11.5 Å². The van der Waals surface area contributed by atoms with Gasteiger partial charge >= 0.3 is 5.97 Å². The van der Waals surface area contributed by atoms with E-state index < -0.39 is 76.3 Å². The third-order valence-electron chi connectivity index (χ3n) is 7.13. The smallest absolute Gasteiger partial charge is 0.309 e.